The monoisotopic (exact) mass is 359 g/mol. The second-order valence-corrected chi connectivity index (χ2v) is 7.08. The van der Waals surface area contributed by atoms with Gasteiger partial charge in [0.25, 0.3) is 0 Å². The number of rotatable bonds is 5. The number of anilines is 1. The van der Waals surface area contributed by atoms with Crippen LogP contribution in [0.5, 0.6) is 0 Å². The quantitative estimate of drug-likeness (QED) is 0.766. The van der Waals surface area contributed by atoms with Crippen molar-refractivity contribution in [3.05, 3.63) is 40.7 Å². The molecule has 0 unspecified atom stereocenters. The van der Waals surface area contributed by atoms with Crippen LogP contribution in [0.1, 0.15) is 18.4 Å². The summed E-state index contributed by atoms with van der Waals surface area (Å²) in [5, 5.41) is 4.90. The van der Waals surface area contributed by atoms with Crippen molar-refractivity contribution < 1.29 is 4.74 Å². The first-order valence-corrected chi connectivity index (χ1v) is 9.49. The highest BCUT2D eigenvalue weighted by molar-refractivity contribution is 7.71. The lowest BCUT2D eigenvalue weighted by Gasteiger charge is -2.27. The zero-order chi connectivity index (χ0) is 17.1. The Labute approximate surface area is 153 Å². The molecule has 0 spiro atoms. The summed E-state index contributed by atoms with van der Waals surface area (Å²) in [5.74, 6) is 0.969. The van der Waals surface area contributed by atoms with Gasteiger partial charge in [0.1, 0.15) is 0 Å². The Bertz CT molecular complexity index is 745. The molecule has 0 atom stereocenters. The van der Waals surface area contributed by atoms with Gasteiger partial charge >= 0.3 is 0 Å². The first-order chi connectivity index (χ1) is 12.3. The third-order valence-corrected chi connectivity index (χ3v) is 5.34. The van der Waals surface area contributed by atoms with Crippen LogP contribution >= 0.6 is 12.2 Å². The van der Waals surface area contributed by atoms with Crippen LogP contribution in [0.3, 0.4) is 0 Å². The molecule has 2 aliphatic heterocycles. The fourth-order valence-electron chi connectivity index (χ4n) is 3.54. The van der Waals surface area contributed by atoms with Gasteiger partial charge in [-0.25, -0.2) is 4.68 Å². The molecule has 2 saturated heterocycles. The molecular formula is C18H25N5OS. The second-order valence-electron chi connectivity index (χ2n) is 6.72. The second kappa shape index (κ2) is 7.68. The topological polar surface area (TPSA) is 38.5 Å². The van der Waals surface area contributed by atoms with Crippen LogP contribution in [0.15, 0.2) is 30.3 Å². The molecule has 0 N–H and O–H groups in total. The molecule has 3 heterocycles. The predicted octanol–water partition coefficient (Wildman–Crippen LogP) is 2.35. The molecule has 25 heavy (non-hydrogen) atoms. The van der Waals surface area contributed by atoms with Crippen molar-refractivity contribution in [3.8, 4) is 0 Å². The Morgan fingerprint density at radius 3 is 2.44 bits per heavy atom. The van der Waals surface area contributed by atoms with E-state index in [0.717, 1.165) is 63.3 Å². The third kappa shape index (κ3) is 3.78. The molecular weight excluding hydrogens is 334 g/mol. The minimum atomic E-state index is 0.747. The molecule has 2 aromatic rings. The maximum absolute atomic E-state index is 5.79. The Morgan fingerprint density at radius 1 is 1.00 bits per heavy atom. The standard InChI is InChI=1S/C18H25N5OS/c25-18-22(14-16-6-2-1-3-7-16)17(21-10-12-24-13-11-21)19-23(18)15-20-8-4-5-9-20/h1-3,6-7H,4-5,8-15H2. The first kappa shape index (κ1) is 16.8. The lowest BCUT2D eigenvalue weighted by molar-refractivity contribution is 0.121. The highest BCUT2D eigenvalue weighted by Crippen LogP contribution is 2.18. The van der Waals surface area contributed by atoms with E-state index in [2.05, 4.69) is 38.6 Å². The highest BCUT2D eigenvalue weighted by Gasteiger charge is 2.21. The van der Waals surface area contributed by atoms with Gasteiger partial charge in [-0.3, -0.25) is 9.47 Å². The molecule has 6 nitrogen and oxygen atoms in total. The summed E-state index contributed by atoms with van der Waals surface area (Å²) in [6.45, 7) is 7.05. The molecule has 1 aromatic carbocycles. The summed E-state index contributed by atoms with van der Waals surface area (Å²) < 4.78 is 10.5. The maximum Gasteiger partial charge on any atom is 0.226 e. The van der Waals surface area contributed by atoms with Crippen LogP contribution in [-0.2, 0) is 18.0 Å². The van der Waals surface area contributed by atoms with Gasteiger partial charge in [0.2, 0.25) is 10.7 Å². The average molecular weight is 359 g/mol. The van der Waals surface area contributed by atoms with Crippen LogP contribution in [0.2, 0.25) is 0 Å². The number of morpholine rings is 1. The van der Waals surface area contributed by atoms with Crippen LogP contribution in [-0.4, -0.2) is 58.6 Å². The van der Waals surface area contributed by atoms with E-state index in [4.69, 9.17) is 22.1 Å². The van der Waals surface area contributed by atoms with Gasteiger partial charge < -0.3 is 9.64 Å². The summed E-state index contributed by atoms with van der Waals surface area (Å²) in [7, 11) is 0. The Kier molecular flexibility index (Phi) is 5.14. The van der Waals surface area contributed by atoms with Gasteiger partial charge in [0.05, 0.1) is 26.4 Å². The number of nitrogens with zero attached hydrogens (tertiary/aromatic N) is 5. The molecule has 0 aliphatic carbocycles. The molecule has 0 bridgehead atoms. The van der Waals surface area contributed by atoms with Crippen LogP contribution in [0.4, 0.5) is 5.95 Å². The van der Waals surface area contributed by atoms with E-state index in [-0.39, 0.29) is 0 Å². The summed E-state index contributed by atoms with van der Waals surface area (Å²) in [4.78, 5) is 4.72. The highest BCUT2D eigenvalue weighted by atomic mass is 32.1. The van der Waals surface area contributed by atoms with Crippen molar-refractivity contribution in [1.29, 1.82) is 0 Å². The van der Waals surface area contributed by atoms with Crippen molar-refractivity contribution >= 4 is 18.2 Å². The molecule has 0 saturated carbocycles. The molecule has 0 amide bonds. The summed E-state index contributed by atoms with van der Waals surface area (Å²) in [6, 6.07) is 10.5. The number of hydrogen-bond acceptors (Lipinski definition) is 5. The lowest BCUT2D eigenvalue weighted by atomic mass is 10.2. The maximum atomic E-state index is 5.79. The van der Waals surface area contributed by atoms with E-state index in [1.807, 2.05) is 10.7 Å². The van der Waals surface area contributed by atoms with E-state index < -0.39 is 0 Å². The van der Waals surface area contributed by atoms with E-state index >= 15 is 0 Å². The van der Waals surface area contributed by atoms with Crippen molar-refractivity contribution in [2.45, 2.75) is 26.1 Å². The van der Waals surface area contributed by atoms with Gasteiger partial charge in [-0.2, -0.15) is 0 Å². The first-order valence-electron chi connectivity index (χ1n) is 9.08. The lowest BCUT2D eigenvalue weighted by Crippen LogP contribution is -2.38. The third-order valence-electron chi connectivity index (χ3n) is 4.91. The van der Waals surface area contributed by atoms with Gasteiger partial charge in [0.15, 0.2) is 0 Å². The van der Waals surface area contributed by atoms with Crippen LogP contribution in [0, 0.1) is 4.77 Å². The number of aromatic nitrogens is 3. The normalized spacial score (nSPS) is 18.8. The molecule has 7 heteroatoms. The van der Waals surface area contributed by atoms with Gasteiger partial charge in [-0.15, -0.1) is 5.10 Å². The number of likely N-dealkylation sites (tertiary alicyclic amines) is 1. The van der Waals surface area contributed by atoms with Crippen LogP contribution in [0.25, 0.3) is 0 Å². The number of hydrogen-bond donors (Lipinski definition) is 0. The van der Waals surface area contributed by atoms with Crippen molar-refractivity contribution in [2.75, 3.05) is 44.3 Å². The number of ether oxygens (including phenoxy) is 1. The van der Waals surface area contributed by atoms with Crippen molar-refractivity contribution in [2.24, 2.45) is 0 Å². The van der Waals surface area contributed by atoms with E-state index in [1.54, 1.807) is 0 Å². The molecule has 134 valence electrons. The zero-order valence-corrected chi connectivity index (χ0v) is 15.3. The fraction of sp³-hybridized carbons (Fsp3) is 0.556. The van der Waals surface area contributed by atoms with E-state index in [9.17, 15) is 0 Å². The molecule has 0 radical (unpaired) electrons. The summed E-state index contributed by atoms with van der Waals surface area (Å²) in [6.07, 6.45) is 2.54. The summed E-state index contributed by atoms with van der Waals surface area (Å²) >= 11 is 5.79. The van der Waals surface area contributed by atoms with Gasteiger partial charge in [-0.05, 0) is 43.7 Å². The smallest absolute Gasteiger partial charge is 0.226 e. The summed E-state index contributed by atoms with van der Waals surface area (Å²) in [5.41, 5.74) is 1.24. The average Bonchev–Trinajstić information content (AvgIpc) is 3.27. The minimum Gasteiger partial charge on any atom is -0.378 e. The Balaban J connectivity index is 1.65. The van der Waals surface area contributed by atoms with Crippen molar-refractivity contribution in [1.82, 2.24) is 19.2 Å². The number of benzene rings is 1. The molecule has 2 fully saturated rings. The Hall–Kier alpha value is -1.70. The fourth-order valence-corrected chi connectivity index (χ4v) is 3.78. The largest absolute Gasteiger partial charge is 0.378 e. The van der Waals surface area contributed by atoms with Gasteiger partial charge in [0, 0.05) is 13.1 Å². The zero-order valence-electron chi connectivity index (χ0n) is 14.5. The van der Waals surface area contributed by atoms with Crippen LogP contribution < -0.4 is 4.90 Å². The van der Waals surface area contributed by atoms with Gasteiger partial charge in [-0.1, -0.05) is 30.3 Å². The predicted molar refractivity (Wildman–Crippen MR) is 100 cm³/mol. The minimum absolute atomic E-state index is 0.747. The molecule has 4 rings (SSSR count). The van der Waals surface area contributed by atoms with Crippen molar-refractivity contribution in [3.63, 3.8) is 0 Å². The molecule has 1 aromatic heterocycles. The SMILES string of the molecule is S=c1n(CN2CCCC2)nc(N2CCOCC2)n1Cc1ccccc1. The van der Waals surface area contributed by atoms with E-state index in [1.165, 1.54) is 18.4 Å². The molecule has 2 aliphatic rings. The Morgan fingerprint density at radius 2 is 1.72 bits per heavy atom. The van der Waals surface area contributed by atoms with E-state index in [0.29, 0.717) is 0 Å².